The largest absolute Gasteiger partial charge is 0.391 e. The van der Waals surface area contributed by atoms with Gasteiger partial charge in [-0.2, -0.15) is 0 Å². The van der Waals surface area contributed by atoms with E-state index in [9.17, 15) is 19.5 Å². The zero-order chi connectivity index (χ0) is 24.4. The minimum atomic E-state index is -0.871. The highest BCUT2D eigenvalue weighted by atomic mass is 32.2. The fourth-order valence-corrected chi connectivity index (χ4v) is 6.34. The third-order valence-corrected chi connectivity index (χ3v) is 7.88. The average Bonchev–Trinajstić information content (AvgIpc) is 2.86. The van der Waals surface area contributed by atoms with Crippen molar-refractivity contribution in [1.29, 1.82) is 0 Å². The summed E-state index contributed by atoms with van der Waals surface area (Å²) in [7, 11) is 1.69. The monoisotopic (exact) mass is 466 g/mol. The lowest BCUT2D eigenvalue weighted by atomic mass is 9.82. The summed E-state index contributed by atoms with van der Waals surface area (Å²) in [6.07, 6.45) is 1.76. The van der Waals surface area contributed by atoms with Gasteiger partial charge in [0.05, 0.1) is 23.1 Å². The van der Waals surface area contributed by atoms with E-state index >= 15 is 0 Å². The Balaban J connectivity index is 2.38. The number of aliphatic hydroxyl groups excluding tert-OH is 1. The predicted octanol–water partition coefficient (Wildman–Crippen LogP) is 1.17. The van der Waals surface area contributed by atoms with E-state index in [4.69, 9.17) is 0 Å². The van der Waals surface area contributed by atoms with Crippen LogP contribution >= 0.6 is 11.8 Å². The van der Waals surface area contributed by atoms with Gasteiger partial charge in [0, 0.05) is 0 Å². The van der Waals surface area contributed by atoms with Gasteiger partial charge in [-0.25, -0.2) is 0 Å². The summed E-state index contributed by atoms with van der Waals surface area (Å²) in [5.41, 5.74) is -0.0144. The molecule has 6 atom stereocenters. The normalized spacial score (nSPS) is 29.8. The minimum absolute atomic E-state index is 0.254. The molecule has 3 unspecified atom stereocenters. The molecule has 8 nitrogen and oxygen atoms in total. The number of nitrogens with one attached hydrogen (secondary N) is 3. The van der Waals surface area contributed by atoms with Crippen LogP contribution in [0.25, 0.3) is 0 Å². The van der Waals surface area contributed by atoms with Gasteiger partial charge in [0.1, 0.15) is 12.1 Å². The molecule has 3 amide bonds. The van der Waals surface area contributed by atoms with Crippen molar-refractivity contribution < 1.29 is 19.5 Å². The maximum absolute atomic E-state index is 13.7. The lowest BCUT2D eigenvalue weighted by Gasteiger charge is -2.38. The Hall–Kier alpha value is -1.84. The van der Waals surface area contributed by atoms with E-state index in [0.717, 1.165) is 0 Å². The first-order valence-corrected chi connectivity index (χ1v) is 12.0. The van der Waals surface area contributed by atoms with Crippen LogP contribution in [0, 0.1) is 5.41 Å². The topological polar surface area (TPSA) is 111 Å². The Morgan fingerprint density at radius 2 is 1.94 bits per heavy atom. The molecular weight excluding hydrogens is 428 g/mol. The van der Waals surface area contributed by atoms with Crippen LogP contribution in [0.2, 0.25) is 0 Å². The molecule has 0 aromatic rings. The summed E-state index contributed by atoms with van der Waals surface area (Å²) in [4.78, 5) is 40.8. The molecule has 0 spiro atoms. The Morgan fingerprint density at radius 1 is 1.31 bits per heavy atom. The van der Waals surface area contributed by atoms with Crippen molar-refractivity contribution in [2.75, 3.05) is 12.8 Å². The number of hydrogen-bond donors (Lipinski definition) is 4. The molecule has 0 aromatic heterocycles. The molecule has 2 aliphatic rings. The fraction of sp³-hybridized carbons (Fsp3) is 0.696. The van der Waals surface area contributed by atoms with Gasteiger partial charge in [-0.3, -0.25) is 14.4 Å². The number of likely N-dealkylation sites (N-methyl/N-ethyl adjacent to an activating group) is 1. The van der Waals surface area contributed by atoms with Crippen molar-refractivity contribution >= 4 is 29.5 Å². The van der Waals surface area contributed by atoms with E-state index in [2.05, 4.69) is 29.1 Å². The van der Waals surface area contributed by atoms with Gasteiger partial charge >= 0.3 is 0 Å². The molecule has 0 bridgehead atoms. The number of fused-ring (bicyclic) bond motifs is 1. The second kappa shape index (κ2) is 9.97. The maximum atomic E-state index is 13.7. The van der Waals surface area contributed by atoms with Crippen LogP contribution in [0.5, 0.6) is 0 Å². The zero-order valence-corrected chi connectivity index (χ0v) is 20.8. The number of carbonyl (C=O) groups excluding carboxylic acids is 3. The van der Waals surface area contributed by atoms with Crippen molar-refractivity contribution in [3.05, 3.63) is 24.8 Å². The van der Waals surface area contributed by atoms with Crippen LogP contribution < -0.4 is 16.0 Å². The van der Waals surface area contributed by atoms with Gasteiger partial charge in [-0.15, -0.1) is 11.8 Å². The van der Waals surface area contributed by atoms with Gasteiger partial charge < -0.3 is 26.0 Å². The van der Waals surface area contributed by atoms with E-state index < -0.39 is 40.6 Å². The summed E-state index contributed by atoms with van der Waals surface area (Å²) in [6, 6.07) is -2.60. The molecule has 0 saturated carbocycles. The van der Waals surface area contributed by atoms with Crippen LogP contribution in [0.4, 0.5) is 0 Å². The quantitative estimate of drug-likeness (QED) is 0.400. The minimum Gasteiger partial charge on any atom is -0.391 e. The Morgan fingerprint density at radius 3 is 2.47 bits per heavy atom. The smallest absolute Gasteiger partial charge is 0.246 e. The number of amides is 3. The molecule has 2 heterocycles. The first-order valence-electron chi connectivity index (χ1n) is 11.0. The molecule has 0 radical (unpaired) electrons. The number of thioether (sulfide) groups is 1. The molecule has 0 aromatic carbocycles. The Labute approximate surface area is 195 Å². The molecule has 180 valence electrons. The highest BCUT2D eigenvalue weighted by molar-refractivity contribution is 8.00. The van der Waals surface area contributed by atoms with Crippen LogP contribution in [0.1, 0.15) is 47.5 Å². The van der Waals surface area contributed by atoms with Gasteiger partial charge in [-0.05, 0) is 57.4 Å². The lowest BCUT2D eigenvalue weighted by molar-refractivity contribution is -0.145. The van der Waals surface area contributed by atoms with E-state index in [1.807, 2.05) is 20.8 Å². The third kappa shape index (κ3) is 5.21. The highest BCUT2D eigenvalue weighted by Crippen LogP contribution is 2.53. The van der Waals surface area contributed by atoms with E-state index in [1.165, 1.54) is 6.08 Å². The lowest BCUT2D eigenvalue weighted by Crippen LogP contribution is -2.61. The van der Waals surface area contributed by atoms with Gasteiger partial charge in [0.25, 0.3) is 0 Å². The van der Waals surface area contributed by atoms with Crippen LogP contribution in [-0.2, 0) is 14.4 Å². The highest BCUT2D eigenvalue weighted by Gasteiger charge is 2.60. The summed E-state index contributed by atoms with van der Waals surface area (Å²) < 4.78 is 0. The first-order chi connectivity index (χ1) is 14.8. The fourth-order valence-electron chi connectivity index (χ4n) is 4.73. The molecule has 32 heavy (non-hydrogen) atoms. The summed E-state index contributed by atoms with van der Waals surface area (Å²) in [6.45, 7) is 16.8. The third-order valence-electron chi connectivity index (χ3n) is 6.48. The van der Waals surface area contributed by atoms with Crippen molar-refractivity contribution in [1.82, 2.24) is 20.9 Å². The van der Waals surface area contributed by atoms with Crippen molar-refractivity contribution in [3.8, 4) is 0 Å². The number of aliphatic hydroxyl groups is 1. The SMILES string of the molecule is C=CC(=C)[C@H](NC(=O)C1N2C(=O)C(NC(=O)C(C)NC)CCS[C@@]2(C)CC1(C)C)[C@@H](C)O. The number of rotatable bonds is 8. The van der Waals surface area contributed by atoms with Gasteiger partial charge in [0.15, 0.2) is 0 Å². The van der Waals surface area contributed by atoms with E-state index in [-0.39, 0.29) is 17.7 Å². The molecular formula is C23H38N4O4S. The first kappa shape index (κ1) is 26.4. The van der Waals surface area contributed by atoms with Crippen LogP contribution in [-0.4, -0.2) is 75.7 Å². The second-order valence-corrected chi connectivity index (χ2v) is 11.2. The zero-order valence-electron chi connectivity index (χ0n) is 20.0. The molecule has 0 aliphatic carbocycles. The molecule has 2 aliphatic heterocycles. The number of hydrogen-bond acceptors (Lipinski definition) is 6. The van der Waals surface area contributed by atoms with Gasteiger partial charge in [-0.1, -0.05) is 33.1 Å². The average molecular weight is 467 g/mol. The second-order valence-electron chi connectivity index (χ2n) is 9.67. The number of nitrogens with zero attached hydrogens (tertiary/aromatic N) is 1. The molecule has 2 fully saturated rings. The van der Waals surface area contributed by atoms with E-state index in [0.29, 0.717) is 24.2 Å². The van der Waals surface area contributed by atoms with E-state index in [1.54, 1.807) is 37.6 Å². The predicted molar refractivity (Wildman–Crippen MR) is 128 cm³/mol. The molecule has 2 saturated heterocycles. The summed E-state index contributed by atoms with van der Waals surface area (Å²) in [5.74, 6) is -0.172. The number of carbonyl (C=O) groups is 3. The van der Waals surface area contributed by atoms with Crippen molar-refractivity contribution in [3.63, 3.8) is 0 Å². The van der Waals surface area contributed by atoms with Crippen LogP contribution in [0.3, 0.4) is 0 Å². The molecule has 4 N–H and O–H groups in total. The van der Waals surface area contributed by atoms with Gasteiger partial charge in [0.2, 0.25) is 17.7 Å². The Kier molecular flexibility index (Phi) is 8.23. The molecule has 2 rings (SSSR count). The van der Waals surface area contributed by atoms with Crippen molar-refractivity contribution in [2.24, 2.45) is 5.41 Å². The summed E-state index contributed by atoms with van der Waals surface area (Å²) in [5, 5.41) is 18.8. The standard InChI is InChI=1S/C23H38N4O4S/c1-9-13(2)17(15(4)28)26-20(30)18-22(5,6)12-23(7)27(18)21(31)16(10-11-32-23)25-19(29)14(3)24-8/h9,14-18,24,28H,1-2,10-12H2,3-8H3,(H,25,29)(H,26,30)/t14?,15-,16?,17+,18?,23+/m1/s1. The van der Waals surface area contributed by atoms with Crippen molar-refractivity contribution in [2.45, 2.75) is 82.6 Å². The molecule has 9 heteroatoms. The maximum Gasteiger partial charge on any atom is 0.246 e. The Bertz CT molecular complexity index is 784. The summed E-state index contributed by atoms with van der Waals surface area (Å²) >= 11 is 1.64. The van der Waals surface area contributed by atoms with Crippen LogP contribution in [0.15, 0.2) is 24.8 Å².